The van der Waals surface area contributed by atoms with E-state index < -0.39 is 11.7 Å². The first-order valence-corrected chi connectivity index (χ1v) is 8.96. The van der Waals surface area contributed by atoms with Crippen LogP contribution >= 0.6 is 0 Å². The van der Waals surface area contributed by atoms with E-state index in [-0.39, 0.29) is 18.2 Å². The summed E-state index contributed by atoms with van der Waals surface area (Å²) in [7, 11) is 0. The van der Waals surface area contributed by atoms with Gasteiger partial charge in [0.2, 0.25) is 5.91 Å². The van der Waals surface area contributed by atoms with E-state index >= 15 is 0 Å². The van der Waals surface area contributed by atoms with Crippen LogP contribution in [-0.4, -0.2) is 29.7 Å². The summed E-state index contributed by atoms with van der Waals surface area (Å²) in [6.45, 7) is 1.22. The number of hydrogen-bond acceptors (Lipinski definition) is 2. The second-order valence-electron chi connectivity index (χ2n) is 7.07. The van der Waals surface area contributed by atoms with Gasteiger partial charge in [-0.1, -0.05) is 24.3 Å². The normalized spacial score (nSPS) is 21.9. The van der Waals surface area contributed by atoms with Crippen molar-refractivity contribution in [2.75, 3.05) is 13.1 Å². The van der Waals surface area contributed by atoms with Crippen LogP contribution in [0.5, 0.6) is 0 Å². The van der Waals surface area contributed by atoms with E-state index in [9.17, 15) is 22.8 Å². The van der Waals surface area contributed by atoms with Crippen molar-refractivity contribution >= 4 is 11.7 Å². The molecule has 0 aromatic heterocycles. The first kappa shape index (κ1) is 18.7. The zero-order valence-corrected chi connectivity index (χ0v) is 14.5. The standard InChI is InChI=1S/C20H22F3NO2/c21-20(22,23)16-7-5-14(6-8-16)13-19(26)24-11-9-15(10-12-24)17-3-1-2-4-18(17)25/h1-2,5-8,15,17H,3-4,9-13H2. The second-order valence-corrected chi connectivity index (χ2v) is 7.07. The van der Waals surface area contributed by atoms with Gasteiger partial charge in [0.15, 0.2) is 0 Å². The molecule has 0 radical (unpaired) electrons. The zero-order chi connectivity index (χ0) is 18.7. The Kier molecular flexibility index (Phi) is 5.49. The Morgan fingerprint density at radius 2 is 1.73 bits per heavy atom. The monoisotopic (exact) mass is 365 g/mol. The van der Waals surface area contributed by atoms with E-state index in [1.54, 1.807) is 4.90 Å². The SMILES string of the molecule is O=C1CC=CCC1C1CCN(C(=O)Cc2ccc(C(F)(F)F)cc2)CC1. The minimum absolute atomic E-state index is 0.0712. The number of halogens is 3. The summed E-state index contributed by atoms with van der Waals surface area (Å²) < 4.78 is 37.8. The maximum Gasteiger partial charge on any atom is 0.416 e. The molecule has 1 aliphatic carbocycles. The summed E-state index contributed by atoms with van der Waals surface area (Å²) in [6, 6.07) is 4.75. The number of carbonyl (C=O) groups excluding carboxylic acids is 2. The number of nitrogens with zero attached hydrogens (tertiary/aromatic N) is 1. The first-order valence-electron chi connectivity index (χ1n) is 8.96. The Hall–Kier alpha value is -2.11. The molecule has 1 saturated heterocycles. The average molecular weight is 365 g/mol. The Balaban J connectivity index is 1.52. The highest BCUT2D eigenvalue weighted by Gasteiger charge is 2.33. The predicted octanol–water partition coefficient (Wildman–Crippen LogP) is 4.02. The van der Waals surface area contributed by atoms with Gasteiger partial charge >= 0.3 is 6.18 Å². The Morgan fingerprint density at radius 3 is 2.31 bits per heavy atom. The quantitative estimate of drug-likeness (QED) is 0.759. The van der Waals surface area contributed by atoms with E-state index in [1.165, 1.54) is 12.1 Å². The van der Waals surface area contributed by atoms with Gasteiger partial charge in [-0.15, -0.1) is 0 Å². The van der Waals surface area contributed by atoms with E-state index in [4.69, 9.17) is 0 Å². The molecule has 0 bridgehead atoms. The van der Waals surface area contributed by atoms with E-state index in [1.807, 2.05) is 6.08 Å². The molecule has 0 saturated carbocycles. The van der Waals surface area contributed by atoms with E-state index in [0.717, 1.165) is 31.4 Å². The van der Waals surface area contributed by atoms with Crippen LogP contribution in [0.25, 0.3) is 0 Å². The van der Waals surface area contributed by atoms with Gasteiger partial charge in [-0.3, -0.25) is 9.59 Å². The molecule has 3 rings (SSSR count). The Labute approximate surface area is 150 Å². The van der Waals surface area contributed by atoms with Crippen molar-refractivity contribution in [2.24, 2.45) is 11.8 Å². The number of ketones is 1. The van der Waals surface area contributed by atoms with Crippen molar-refractivity contribution in [3.05, 3.63) is 47.5 Å². The summed E-state index contributed by atoms with van der Waals surface area (Å²) in [6.07, 6.45) is 2.65. The molecule has 6 heteroatoms. The Morgan fingerprint density at radius 1 is 1.08 bits per heavy atom. The fourth-order valence-corrected chi connectivity index (χ4v) is 3.83. The van der Waals surface area contributed by atoms with Crippen molar-refractivity contribution in [2.45, 2.75) is 38.3 Å². The first-order chi connectivity index (χ1) is 12.3. The minimum atomic E-state index is -4.36. The molecule has 0 spiro atoms. The van der Waals surface area contributed by atoms with Crippen molar-refractivity contribution in [3.63, 3.8) is 0 Å². The number of hydrogen-bond donors (Lipinski definition) is 0. The second kappa shape index (κ2) is 7.64. The number of rotatable bonds is 3. The van der Waals surface area contributed by atoms with E-state index in [2.05, 4.69) is 6.08 Å². The zero-order valence-electron chi connectivity index (χ0n) is 14.5. The minimum Gasteiger partial charge on any atom is -0.342 e. The Bertz CT molecular complexity index is 686. The number of likely N-dealkylation sites (tertiary alicyclic amines) is 1. The van der Waals surface area contributed by atoms with Crippen LogP contribution in [0.15, 0.2) is 36.4 Å². The number of piperidine rings is 1. The lowest BCUT2D eigenvalue weighted by Gasteiger charge is -2.36. The third-order valence-electron chi connectivity index (χ3n) is 5.39. The van der Waals surface area contributed by atoms with Gasteiger partial charge in [-0.2, -0.15) is 13.2 Å². The van der Waals surface area contributed by atoms with Gasteiger partial charge in [0, 0.05) is 25.4 Å². The van der Waals surface area contributed by atoms with Crippen molar-refractivity contribution in [1.82, 2.24) is 4.90 Å². The molecule has 1 atom stereocenters. The molecular weight excluding hydrogens is 343 g/mol. The maximum atomic E-state index is 12.6. The predicted molar refractivity (Wildman–Crippen MR) is 91.3 cm³/mol. The number of alkyl halides is 3. The lowest BCUT2D eigenvalue weighted by molar-refractivity contribution is -0.137. The molecule has 0 N–H and O–H groups in total. The van der Waals surface area contributed by atoms with Crippen LogP contribution in [0, 0.1) is 11.8 Å². The van der Waals surface area contributed by atoms with Crippen LogP contribution in [0.3, 0.4) is 0 Å². The van der Waals surface area contributed by atoms with E-state index in [0.29, 0.717) is 36.8 Å². The number of amides is 1. The molecule has 3 nitrogen and oxygen atoms in total. The highest BCUT2D eigenvalue weighted by molar-refractivity contribution is 5.84. The highest BCUT2D eigenvalue weighted by atomic mass is 19.4. The van der Waals surface area contributed by atoms with Gasteiger partial charge < -0.3 is 4.90 Å². The summed E-state index contributed by atoms with van der Waals surface area (Å²) in [5, 5.41) is 0. The largest absolute Gasteiger partial charge is 0.416 e. The maximum absolute atomic E-state index is 12.6. The topological polar surface area (TPSA) is 37.4 Å². The molecule has 2 aliphatic rings. The molecule has 1 amide bonds. The van der Waals surface area contributed by atoms with Crippen LogP contribution in [0.4, 0.5) is 13.2 Å². The van der Waals surface area contributed by atoms with Gasteiger partial charge in [0.25, 0.3) is 0 Å². The fourth-order valence-electron chi connectivity index (χ4n) is 3.83. The molecular formula is C20H22F3NO2. The van der Waals surface area contributed by atoms with Crippen LogP contribution in [0.2, 0.25) is 0 Å². The third kappa shape index (κ3) is 4.34. The van der Waals surface area contributed by atoms with Gasteiger partial charge in [0.1, 0.15) is 5.78 Å². The summed E-state index contributed by atoms with van der Waals surface area (Å²) >= 11 is 0. The van der Waals surface area contributed by atoms with Crippen molar-refractivity contribution in [3.8, 4) is 0 Å². The summed E-state index contributed by atoms with van der Waals surface area (Å²) in [5.74, 6) is 0.620. The lowest BCUT2D eigenvalue weighted by Crippen LogP contribution is -2.42. The number of Topliss-reactive ketones (excluding diaryl/α,β-unsaturated/α-hetero) is 1. The molecule has 1 aromatic carbocycles. The molecule has 1 aromatic rings. The van der Waals surface area contributed by atoms with Crippen molar-refractivity contribution in [1.29, 1.82) is 0 Å². The molecule has 26 heavy (non-hydrogen) atoms. The smallest absolute Gasteiger partial charge is 0.342 e. The van der Waals surface area contributed by atoms with Crippen LogP contribution in [-0.2, 0) is 22.2 Å². The highest BCUT2D eigenvalue weighted by Crippen LogP contribution is 2.32. The number of carbonyl (C=O) groups is 2. The molecule has 1 heterocycles. The molecule has 1 aliphatic heterocycles. The molecule has 1 unspecified atom stereocenters. The van der Waals surface area contributed by atoms with Crippen molar-refractivity contribution < 1.29 is 22.8 Å². The molecule has 1 fully saturated rings. The van der Waals surface area contributed by atoms with Gasteiger partial charge in [0.05, 0.1) is 12.0 Å². The molecule has 140 valence electrons. The fraction of sp³-hybridized carbons (Fsp3) is 0.500. The van der Waals surface area contributed by atoms with Crippen LogP contribution in [0.1, 0.15) is 36.8 Å². The van der Waals surface area contributed by atoms with Crippen LogP contribution < -0.4 is 0 Å². The average Bonchev–Trinajstić information content (AvgIpc) is 2.62. The number of allylic oxidation sites excluding steroid dienone is 2. The third-order valence-corrected chi connectivity index (χ3v) is 5.39. The van der Waals surface area contributed by atoms with Gasteiger partial charge in [-0.25, -0.2) is 0 Å². The lowest BCUT2D eigenvalue weighted by atomic mass is 9.77. The number of benzene rings is 1. The van der Waals surface area contributed by atoms with Gasteiger partial charge in [-0.05, 0) is 42.9 Å². The summed E-state index contributed by atoms with van der Waals surface area (Å²) in [4.78, 5) is 26.2. The summed E-state index contributed by atoms with van der Waals surface area (Å²) in [5.41, 5.74) is -0.126.